The van der Waals surface area contributed by atoms with Crippen molar-refractivity contribution in [2.24, 2.45) is 5.92 Å². The largest absolute Gasteiger partial charge is 0.490 e. The van der Waals surface area contributed by atoms with E-state index in [1.807, 2.05) is 41.0 Å². The Morgan fingerprint density at radius 3 is 2.44 bits per heavy atom. The molecule has 1 aromatic heterocycles. The highest BCUT2D eigenvalue weighted by Crippen LogP contribution is 2.16. The van der Waals surface area contributed by atoms with Crippen LogP contribution in [0.3, 0.4) is 0 Å². The maximum absolute atomic E-state index is 12.4. The molecule has 1 aliphatic heterocycles. The molecule has 32 heavy (non-hydrogen) atoms. The molecule has 0 saturated carbocycles. The molecule has 0 aliphatic carbocycles. The summed E-state index contributed by atoms with van der Waals surface area (Å²) in [5, 5.41) is 11.4. The second-order valence-corrected chi connectivity index (χ2v) is 7.97. The van der Waals surface area contributed by atoms with Gasteiger partial charge in [-0.15, -0.1) is 0 Å². The summed E-state index contributed by atoms with van der Waals surface area (Å²) in [6.45, 7) is 6.09. The number of carbonyl (C=O) groups is 2. The van der Waals surface area contributed by atoms with Crippen molar-refractivity contribution in [1.82, 2.24) is 19.6 Å². The molecular formula is C22H29F3N4O3. The van der Waals surface area contributed by atoms with Crippen molar-refractivity contribution in [3.63, 3.8) is 0 Å². The number of halogens is 3. The first-order valence-electron chi connectivity index (χ1n) is 10.4. The summed E-state index contributed by atoms with van der Waals surface area (Å²) in [5.74, 6) is -1.78. The highest BCUT2D eigenvalue weighted by molar-refractivity contribution is 5.76. The molecule has 1 fully saturated rings. The van der Waals surface area contributed by atoms with Crippen LogP contribution in [0.1, 0.15) is 31.7 Å². The van der Waals surface area contributed by atoms with Gasteiger partial charge in [0.2, 0.25) is 5.91 Å². The van der Waals surface area contributed by atoms with Gasteiger partial charge in [-0.3, -0.25) is 4.79 Å². The van der Waals surface area contributed by atoms with E-state index in [0.29, 0.717) is 13.0 Å². The fraction of sp³-hybridized carbons (Fsp3) is 0.500. The SMILES string of the molecule is CC1CCCN(CCC(=O)N(C)Cc2ccc(-n3cccn3)cc2)C1.O=C(O)C(F)(F)F. The van der Waals surface area contributed by atoms with Gasteiger partial charge in [0.1, 0.15) is 0 Å². The Kier molecular flexibility index (Phi) is 9.25. The van der Waals surface area contributed by atoms with Crippen LogP contribution in [0.15, 0.2) is 42.7 Å². The van der Waals surface area contributed by atoms with E-state index in [1.54, 1.807) is 6.20 Å². The van der Waals surface area contributed by atoms with Crippen LogP contribution in [-0.4, -0.2) is 69.4 Å². The van der Waals surface area contributed by atoms with Gasteiger partial charge < -0.3 is 14.9 Å². The zero-order valence-corrected chi connectivity index (χ0v) is 18.3. The van der Waals surface area contributed by atoms with Gasteiger partial charge in [-0.05, 0) is 49.1 Å². The molecule has 2 aromatic rings. The van der Waals surface area contributed by atoms with Crippen molar-refractivity contribution in [2.45, 2.75) is 38.9 Å². The normalized spacial score (nSPS) is 16.7. The highest BCUT2D eigenvalue weighted by atomic mass is 19.4. The molecule has 1 N–H and O–H groups in total. The summed E-state index contributed by atoms with van der Waals surface area (Å²) in [7, 11) is 1.89. The van der Waals surface area contributed by atoms with E-state index in [9.17, 15) is 18.0 Å². The summed E-state index contributed by atoms with van der Waals surface area (Å²) in [6, 6.07) is 10.1. The average Bonchev–Trinajstić information content (AvgIpc) is 3.27. The second kappa shape index (κ2) is 11.7. The summed E-state index contributed by atoms with van der Waals surface area (Å²) in [6.07, 6.45) is 1.79. The van der Waals surface area contributed by atoms with Crippen molar-refractivity contribution < 1.29 is 27.9 Å². The lowest BCUT2D eigenvalue weighted by Crippen LogP contribution is -2.37. The lowest BCUT2D eigenvalue weighted by atomic mass is 10.0. The monoisotopic (exact) mass is 454 g/mol. The molecule has 176 valence electrons. The van der Waals surface area contributed by atoms with E-state index in [4.69, 9.17) is 9.90 Å². The van der Waals surface area contributed by atoms with Gasteiger partial charge in [0, 0.05) is 45.5 Å². The number of amides is 1. The first kappa shape index (κ1) is 25.4. The number of carbonyl (C=O) groups excluding carboxylic acids is 1. The zero-order valence-electron chi connectivity index (χ0n) is 18.3. The van der Waals surface area contributed by atoms with Crippen molar-refractivity contribution in [3.8, 4) is 5.69 Å². The minimum atomic E-state index is -5.08. The molecule has 0 spiro atoms. The highest BCUT2D eigenvalue weighted by Gasteiger charge is 2.38. The maximum atomic E-state index is 12.4. The first-order chi connectivity index (χ1) is 15.1. The Labute approximate surface area is 185 Å². The van der Waals surface area contributed by atoms with E-state index in [2.05, 4.69) is 29.1 Å². The number of piperidine rings is 1. The topological polar surface area (TPSA) is 78.7 Å². The quantitative estimate of drug-likeness (QED) is 0.722. The van der Waals surface area contributed by atoms with Crippen LogP contribution >= 0.6 is 0 Å². The van der Waals surface area contributed by atoms with Crippen molar-refractivity contribution in [3.05, 3.63) is 48.3 Å². The summed E-state index contributed by atoms with van der Waals surface area (Å²) >= 11 is 0. The molecule has 3 rings (SSSR count). The molecule has 1 saturated heterocycles. The Balaban J connectivity index is 0.000000451. The molecule has 7 nitrogen and oxygen atoms in total. The molecule has 0 radical (unpaired) electrons. The van der Waals surface area contributed by atoms with Gasteiger partial charge in [0.05, 0.1) is 5.69 Å². The molecule has 1 unspecified atom stereocenters. The van der Waals surface area contributed by atoms with Crippen LogP contribution in [-0.2, 0) is 16.1 Å². The van der Waals surface area contributed by atoms with Gasteiger partial charge in [0.15, 0.2) is 0 Å². The Morgan fingerprint density at radius 1 is 1.25 bits per heavy atom. The number of hydrogen-bond acceptors (Lipinski definition) is 4. The number of nitrogens with zero attached hydrogens (tertiary/aromatic N) is 4. The number of aromatic nitrogens is 2. The summed E-state index contributed by atoms with van der Waals surface area (Å²) < 4.78 is 33.6. The Hall–Kier alpha value is -2.88. The number of alkyl halides is 3. The van der Waals surface area contributed by atoms with Crippen molar-refractivity contribution in [1.29, 1.82) is 0 Å². The second-order valence-electron chi connectivity index (χ2n) is 7.97. The summed E-state index contributed by atoms with van der Waals surface area (Å²) in [4.78, 5) is 25.6. The Morgan fingerprint density at radius 2 is 1.91 bits per heavy atom. The van der Waals surface area contributed by atoms with E-state index in [-0.39, 0.29) is 5.91 Å². The number of aliphatic carboxylic acids is 1. The van der Waals surface area contributed by atoms with Crippen LogP contribution in [0.4, 0.5) is 13.2 Å². The van der Waals surface area contributed by atoms with Gasteiger partial charge in [-0.25, -0.2) is 9.48 Å². The zero-order chi connectivity index (χ0) is 23.7. The first-order valence-corrected chi connectivity index (χ1v) is 10.4. The van der Waals surface area contributed by atoms with Crippen LogP contribution in [0.25, 0.3) is 5.69 Å². The third kappa shape index (κ3) is 8.33. The van der Waals surface area contributed by atoms with Crippen LogP contribution in [0, 0.1) is 5.92 Å². The van der Waals surface area contributed by atoms with E-state index in [0.717, 1.165) is 36.8 Å². The van der Waals surface area contributed by atoms with Gasteiger partial charge in [-0.2, -0.15) is 18.3 Å². The van der Waals surface area contributed by atoms with Gasteiger partial charge >= 0.3 is 12.1 Å². The molecule has 1 atom stereocenters. The predicted octanol–water partition coefficient (Wildman–Crippen LogP) is 3.59. The number of likely N-dealkylation sites (tertiary alicyclic amines) is 1. The van der Waals surface area contributed by atoms with Gasteiger partial charge in [-0.1, -0.05) is 19.1 Å². The number of benzene rings is 1. The lowest BCUT2D eigenvalue weighted by Gasteiger charge is -2.31. The summed E-state index contributed by atoms with van der Waals surface area (Å²) in [5.41, 5.74) is 2.17. The van der Waals surface area contributed by atoms with Crippen LogP contribution in [0.2, 0.25) is 0 Å². The number of carboxylic acid groups (broad SMARTS) is 1. The molecule has 1 amide bonds. The number of carboxylic acids is 1. The van der Waals surface area contributed by atoms with E-state index < -0.39 is 12.1 Å². The molecule has 2 heterocycles. The minimum absolute atomic E-state index is 0.217. The third-order valence-electron chi connectivity index (χ3n) is 5.18. The molecule has 10 heteroatoms. The van der Waals surface area contributed by atoms with Crippen molar-refractivity contribution >= 4 is 11.9 Å². The average molecular weight is 454 g/mol. The smallest absolute Gasteiger partial charge is 0.475 e. The van der Waals surface area contributed by atoms with E-state index in [1.165, 1.54) is 12.8 Å². The van der Waals surface area contributed by atoms with Crippen LogP contribution in [0.5, 0.6) is 0 Å². The molecule has 1 aromatic carbocycles. The van der Waals surface area contributed by atoms with Gasteiger partial charge in [0.25, 0.3) is 0 Å². The van der Waals surface area contributed by atoms with Crippen LogP contribution < -0.4 is 0 Å². The minimum Gasteiger partial charge on any atom is -0.475 e. The third-order valence-corrected chi connectivity index (χ3v) is 5.18. The molecular weight excluding hydrogens is 425 g/mol. The Bertz CT molecular complexity index is 854. The standard InChI is InChI=1S/C20H28N4O.C2HF3O2/c1-17-5-3-12-23(15-17)14-10-20(25)22(2)16-18-6-8-19(9-7-18)24-13-4-11-21-24;3-2(4,5)1(6)7/h4,6-9,11,13,17H,3,5,10,12,14-16H2,1-2H3;(H,6,7). The lowest BCUT2D eigenvalue weighted by molar-refractivity contribution is -0.192. The fourth-order valence-electron chi connectivity index (χ4n) is 3.47. The predicted molar refractivity (Wildman–Crippen MR) is 113 cm³/mol. The molecule has 0 bridgehead atoms. The van der Waals surface area contributed by atoms with Crippen molar-refractivity contribution in [2.75, 3.05) is 26.7 Å². The fourth-order valence-corrected chi connectivity index (χ4v) is 3.47. The maximum Gasteiger partial charge on any atom is 0.490 e. The van der Waals surface area contributed by atoms with E-state index >= 15 is 0 Å². The molecule has 1 aliphatic rings. The number of hydrogen-bond donors (Lipinski definition) is 1. The number of rotatable bonds is 6.